The van der Waals surface area contributed by atoms with Gasteiger partial charge in [-0.3, -0.25) is 9.48 Å². The number of hydrogen-bond donors (Lipinski definition) is 0. The maximum atomic E-state index is 11.9. The molecule has 0 bridgehead atoms. The molecule has 0 saturated heterocycles. The first-order chi connectivity index (χ1) is 10.2. The van der Waals surface area contributed by atoms with E-state index in [-0.39, 0.29) is 17.8 Å². The Kier molecular flexibility index (Phi) is 3.86. The summed E-state index contributed by atoms with van der Waals surface area (Å²) in [6.45, 7) is 0.323. The first-order valence-corrected chi connectivity index (χ1v) is 7.11. The fourth-order valence-electron chi connectivity index (χ4n) is 2.44. The Labute approximate surface area is 124 Å². The van der Waals surface area contributed by atoms with Gasteiger partial charge in [0.05, 0.1) is 12.1 Å². The fourth-order valence-corrected chi connectivity index (χ4v) is 2.44. The van der Waals surface area contributed by atoms with Crippen LogP contribution in [0.1, 0.15) is 23.5 Å². The Morgan fingerprint density at radius 2 is 2.24 bits per heavy atom. The molecule has 1 fully saturated rings. The molecule has 4 heteroatoms. The molecule has 1 aromatic carbocycles. The molecule has 0 N–H and O–H groups in total. The highest BCUT2D eigenvalue weighted by Gasteiger charge is 2.45. The minimum atomic E-state index is -0.110. The molecule has 3 rings (SSSR count). The zero-order valence-corrected chi connectivity index (χ0v) is 12.0. The molecule has 21 heavy (non-hydrogen) atoms. The van der Waals surface area contributed by atoms with Gasteiger partial charge in [-0.1, -0.05) is 36.4 Å². The maximum absolute atomic E-state index is 11.9. The van der Waals surface area contributed by atoms with Gasteiger partial charge in [0, 0.05) is 19.2 Å². The van der Waals surface area contributed by atoms with Crippen LogP contribution in [0.3, 0.4) is 0 Å². The summed E-state index contributed by atoms with van der Waals surface area (Å²) in [6.07, 6.45) is 8.49. The van der Waals surface area contributed by atoms with Gasteiger partial charge in [-0.05, 0) is 23.6 Å². The van der Waals surface area contributed by atoms with Gasteiger partial charge in [0.1, 0.15) is 6.61 Å². The molecule has 4 nitrogen and oxygen atoms in total. The van der Waals surface area contributed by atoms with Crippen molar-refractivity contribution in [2.75, 3.05) is 6.61 Å². The van der Waals surface area contributed by atoms with Crippen LogP contribution in [-0.4, -0.2) is 22.4 Å². The summed E-state index contributed by atoms with van der Waals surface area (Å²) in [5.41, 5.74) is 2.23. The number of rotatable bonds is 5. The largest absolute Gasteiger partial charge is 0.461 e. The van der Waals surface area contributed by atoms with Crippen LogP contribution >= 0.6 is 0 Å². The van der Waals surface area contributed by atoms with Crippen molar-refractivity contribution >= 4 is 12.0 Å². The van der Waals surface area contributed by atoms with Crippen molar-refractivity contribution in [1.29, 1.82) is 0 Å². The molecule has 1 heterocycles. The van der Waals surface area contributed by atoms with Crippen molar-refractivity contribution in [2.24, 2.45) is 13.0 Å². The highest BCUT2D eigenvalue weighted by atomic mass is 16.5. The Morgan fingerprint density at radius 1 is 1.43 bits per heavy atom. The predicted octanol–water partition coefficient (Wildman–Crippen LogP) is 2.78. The monoisotopic (exact) mass is 282 g/mol. The van der Waals surface area contributed by atoms with Gasteiger partial charge in [0.2, 0.25) is 0 Å². The molecule has 0 unspecified atom stereocenters. The van der Waals surface area contributed by atoms with Gasteiger partial charge < -0.3 is 4.74 Å². The summed E-state index contributed by atoms with van der Waals surface area (Å²) in [5, 5.41) is 4.13. The molecule has 1 aromatic heterocycles. The number of carbonyl (C=O) groups excluding carboxylic acids is 1. The summed E-state index contributed by atoms with van der Waals surface area (Å²) < 4.78 is 7.06. The summed E-state index contributed by atoms with van der Waals surface area (Å²) >= 11 is 0. The Morgan fingerprint density at radius 3 is 2.95 bits per heavy atom. The number of benzene rings is 1. The first kappa shape index (κ1) is 13.6. The highest BCUT2D eigenvalue weighted by Crippen LogP contribution is 2.47. The molecule has 108 valence electrons. The minimum Gasteiger partial charge on any atom is -0.461 e. The second-order valence-corrected chi connectivity index (χ2v) is 5.34. The van der Waals surface area contributed by atoms with Gasteiger partial charge in [-0.15, -0.1) is 0 Å². The van der Waals surface area contributed by atoms with Gasteiger partial charge in [0.25, 0.3) is 0 Å². The molecule has 1 aliphatic rings. The lowest BCUT2D eigenvalue weighted by atomic mass is 10.2. The molecule has 0 aliphatic heterocycles. The average molecular weight is 282 g/mol. The Balaban J connectivity index is 1.45. The number of esters is 1. The van der Waals surface area contributed by atoms with Crippen LogP contribution in [0.25, 0.3) is 6.08 Å². The van der Waals surface area contributed by atoms with E-state index in [0.717, 1.165) is 17.5 Å². The quantitative estimate of drug-likeness (QED) is 0.792. The van der Waals surface area contributed by atoms with Crippen molar-refractivity contribution < 1.29 is 9.53 Å². The topological polar surface area (TPSA) is 44.1 Å². The van der Waals surface area contributed by atoms with E-state index in [0.29, 0.717) is 6.61 Å². The number of aromatic nitrogens is 2. The smallest absolute Gasteiger partial charge is 0.309 e. The maximum Gasteiger partial charge on any atom is 0.309 e. The molecular weight excluding hydrogens is 264 g/mol. The van der Waals surface area contributed by atoms with Crippen LogP contribution in [0.5, 0.6) is 0 Å². The standard InChI is InChI=1S/C17H18N2O2/c1-19-12-14(11-18-19)15-10-16(15)17(20)21-9-5-8-13-6-3-2-4-7-13/h2-8,11-12,15-16H,9-10H2,1H3/b8-5+/t15-,16-/m0/s1. The zero-order valence-electron chi connectivity index (χ0n) is 12.0. The van der Waals surface area contributed by atoms with Crippen molar-refractivity contribution in [3.63, 3.8) is 0 Å². The van der Waals surface area contributed by atoms with Crippen molar-refractivity contribution in [2.45, 2.75) is 12.3 Å². The number of hydrogen-bond acceptors (Lipinski definition) is 3. The van der Waals surface area contributed by atoms with E-state index in [1.807, 2.05) is 61.9 Å². The third kappa shape index (κ3) is 3.40. The first-order valence-electron chi connectivity index (χ1n) is 7.11. The lowest BCUT2D eigenvalue weighted by Gasteiger charge is -2.00. The van der Waals surface area contributed by atoms with Crippen molar-refractivity contribution in [1.82, 2.24) is 9.78 Å². The minimum absolute atomic E-state index is 0.000625. The van der Waals surface area contributed by atoms with Crippen LogP contribution in [0.2, 0.25) is 0 Å². The fraction of sp³-hybridized carbons (Fsp3) is 0.294. The number of carbonyl (C=O) groups is 1. The predicted molar refractivity (Wildman–Crippen MR) is 80.5 cm³/mol. The summed E-state index contributed by atoms with van der Waals surface area (Å²) in [7, 11) is 1.88. The molecule has 1 saturated carbocycles. The van der Waals surface area contributed by atoms with E-state index in [9.17, 15) is 4.79 Å². The van der Waals surface area contributed by atoms with E-state index in [1.54, 1.807) is 4.68 Å². The van der Waals surface area contributed by atoms with Gasteiger partial charge in [0.15, 0.2) is 0 Å². The van der Waals surface area contributed by atoms with E-state index in [2.05, 4.69) is 5.10 Å². The van der Waals surface area contributed by atoms with Gasteiger partial charge in [-0.2, -0.15) is 5.10 Å². The molecule has 0 spiro atoms. The molecule has 0 radical (unpaired) electrons. The summed E-state index contributed by atoms with van der Waals surface area (Å²) in [5.74, 6) is 0.171. The van der Waals surface area contributed by atoms with Crippen molar-refractivity contribution in [3.8, 4) is 0 Å². The van der Waals surface area contributed by atoms with Crippen LogP contribution in [0.4, 0.5) is 0 Å². The average Bonchev–Trinajstić information content (AvgIpc) is 3.19. The molecular formula is C17H18N2O2. The van der Waals surface area contributed by atoms with Crippen LogP contribution in [-0.2, 0) is 16.6 Å². The Bertz CT molecular complexity index is 646. The third-order valence-corrected chi connectivity index (χ3v) is 3.68. The molecule has 0 amide bonds. The van der Waals surface area contributed by atoms with Crippen LogP contribution in [0.15, 0.2) is 48.8 Å². The van der Waals surface area contributed by atoms with E-state index in [1.165, 1.54) is 0 Å². The van der Waals surface area contributed by atoms with E-state index < -0.39 is 0 Å². The number of nitrogens with zero attached hydrogens (tertiary/aromatic N) is 2. The number of ether oxygens (including phenoxy) is 1. The normalized spacial score (nSPS) is 20.6. The van der Waals surface area contributed by atoms with Crippen LogP contribution < -0.4 is 0 Å². The zero-order chi connectivity index (χ0) is 14.7. The summed E-state index contributed by atoms with van der Waals surface area (Å²) in [4.78, 5) is 11.9. The second kappa shape index (κ2) is 5.95. The van der Waals surface area contributed by atoms with Crippen LogP contribution in [0, 0.1) is 5.92 Å². The van der Waals surface area contributed by atoms with Gasteiger partial charge in [-0.25, -0.2) is 0 Å². The van der Waals surface area contributed by atoms with Gasteiger partial charge >= 0.3 is 5.97 Å². The third-order valence-electron chi connectivity index (χ3n) is 3.68. The highest BCUT2D eigenvalue weighted by molar-refractivity contribution is 5.77. The van der Waals surface area contributed by atoms with Crippen molar-refractivity contribution in [3.05, 3.63) is 59.9 Å². The molecule has 2 aromatic rings. The second-order valence-electron chi connectivity index (χ2n) is 5.34. The SMILES string of the molecule is Cn1cc([C@@H]2C[C@@H]2C(=O)OC/C=C/c2ccccc2)cn1. The Hall–Kier alpha value is -2.36. The molecule has 1 aliphatic carbocycles. The lowest BCUT2D eigenvalue weighted by Crippen LogP contribution is -2.07. The summed E-state index contributed by atoms with van der Waals surface area (Å²) in [6, 6.07) is 9.96. The van der Waals surface area contributed by atoms with E-state index >= 15 is 0 Å². The molecule has 2 atom stereocenters. The van der Waals surface area contributed by atoms with E-state index in [4.69, 9.17) is 4.74 Å². The number of aryl methyl sites for hydroxylation is 1. The lowest BCUT2D eigenvalue weighted by molar-refractivity contribution is -0.144.